The summed E-state index contributed by atoms with van der Waals surface area (Å²) in [7, 11) is -50.0. The third-order valence-electron chi connectivity index (χ3n) is 15.2. The Morgan fingerprint density at radius 2 is 0.593 bits per heavy atom. The minimum atomic E-state index is -2.90. The largest absolute Gasteiger partial charge is 0.440 e. The number of aliphatic hydroxyl groups excluding tert-OH is 1. The Labute approximate surface area is 684 Å². The predicted octanol–water partition coefficient (Wildman–Crippen LogP) is 18.3. The molecule has 0 aliphatic heterocycles. The van der Waals surface area contributed by atoms with E-state index in [0.717, 1.165) is 38.3 Å². The maximum absolute atomic E-state index is 12.4. The summed E-state index contributed by atoms with van der Waals surface area (Å²) in [5.74, 6) is 0.143. The number of rotatable bonds is 61. The van der Waals surface area contributed by atoms with Crippen LogP contribution in [0.4, 0.5) is 0 Å². The van der Waals surface area contributed by atoms with Crippen molar-refractivity contribution < 1.29 is 102 Å². The minimum absolute atomic E-state index is 0.143. The maximum Gasteiger partial charge on any atom is 0.358 e. The number of amides is 1. The van der Waals surface area contributed by atoms with Gasteiger partial charge < -0.3 is 93.7 Å². The average molecular weight is 1880 g/mol. The van der Waals surface area contributed by atoms with Crippen molar-refractivity contribution in [1.29, 1.82) is 0 Å². The molecule has 648 valence electrons. The highest BCUT2D eigenvalue weighted by molar-refractivity contribution is 6.96. The molecule has 0 bridgehead atoms. The average Bonchev–Trinajstić information content (AvgIpc) is 0.804. The summed E-state index contributed by atoms with van der Waals surface area (Å²) < 4.78 is 143. The van der Waals surface area contributed by atoms with Crippen LogP contribution in [-0.4, -0.2) is 240 Å². The fraction of sp³-hybridized carbons (Fsp3) is 0.984. The Morgan fingerprint density at radius 1 is 0.343 bits per heavy atom. The van der Waals surface area contributed by atoms with Gasteiger partial charge in [0.15, 0.2) is 9.04 Å². The van der Waals surface area contributed by atoms with Crippen LogP contribution in [0.15, 0.2) is 0 Å². The number of unbranched alkanes of at least 4 members (excludes halogenated alkanes) is 8. The summed E-state index contributed by atoms with van der Waals surface area (Å²) in [6, 6.07) is 0.811. The lowest BCUT2D eigenvalue weighted by atomic mass is 10.1. The molecule has 108 heavy (non-hydrogen) atoms. The van der Waals surface area contributed by atoms with E-state index >= 15 is 0 Å². The number of ether oxygens (including phenoxy) is 1. The molecule has 0 aliphatic carbocycles. The van der Waals surface area contributed by atoms with Crippen LogP contribution in [0.1, 0.15) is 84.0 Å². The lowest BCUT2D eigenvalue weighted by molar-refractivity contribution is -0.893. The van der Waals surface area contributed by atoms with Crippen molar-refractivity contribution in [3.63, 3.8) is 0 Å². The van der Waals surface area contributed by atoms with Gasteiger partial charge in [-0.25, -0.2) is 0 Å². The van der Waals surface area contributed by atoms with Gasteiger partial charge in [-0.15, -0.1) is 0 Å². The maximum atomic E-state index is 12.4. The highest BCUT2D eigenvalue weighted by Gasteiger charge is 2.55. The molecule has 0 aromatic carbocycles. The van der Waals surface area contributed by atoms with Gasteiger partial charge in [0.1, 0.15) is 12.6 Å². The first-order chi connectivity index (χ1) is 47.7. The molecule has 25 nitrogen and oxygen atoms in total. The molecule has 0 aromatic heterocycles. The number of hydrogen-bond donors (Lipinski definition) is 2. The monoisotopic (exact) mass is 1880 g/mol. The number of carbonyl (C=O) groups is 1. The van der Waals surface area contributed by atoms with Crippen LogP contribution >= 0.6 is 0 Å². The molecule has 0 aliphatic rings. The zero-order valence-electron chi connectivity index (χ0n) is 77.3. The van der Waals surface area contributed by atoms with E-state index in [2.05, 4.69) is 223 Å². The Morgan fingerprint density at radius 3 is 0.861 bits per heavy atom. The summed E-state index contributed by atoms with van der Waals surface area (Å²) in [5, 5.41) is 14.0. The van der Waals surface area contributed by atoms with Crippen LogP contribution in [-0.2, 0) is 92.8 Å². The fourth-order valence-electron chi connectivity index (χ4n) is 15.2. The normalized spacial score (nSPS) is 15.5. The number of nitrogens with one attached hydrogen (secondary N) is 1. The van der Waals surface area contributed by atoms with Gasteiger partial charge in [0.2, 0.25) is 14.2 Å². The Kier molecular flexibility index (Phi) is 45.3. The molecule has 0 rings (SSSR count). The molecule has 0 aromatic rings. The van der Waals surface area contributed by atoms with Crippen LogP contribution in [0.3, 0.4) is 0 Å². The number of likely N-dealkylation sites (N-methyl/N-ethyl adjacent to an activating group) is 1. The smallest absolute Gasteiger partial charge is 0.358 e. The first kappa shape index (κ1) is 111. The van der Waals surface area contributed by atoms with Crippen molar-refractivity contribution in [1.82, 2.24) is 5.32 Å². The zero-order valence-corrected chi connectivity index (χ0v) is 97.4. The van der Waals surface area contributed by atoms with E-state index in [1.807, 2.05) is 65.5 Å². The first-order valence-corrected chi connectivity index (χ1v) is 96.6. The molecule has 1 amide bonds. The highest BCUT2D eigenvalue weighted by atomic mass is 28.6. The van der Waals surface area contributed by atoms with Gasteiger partial charge in [-0.1, -0.05) is 58.3 Å². The summed E-state index contributed by atoms with van der Waals surface area (Å²) in [4.78, 5) is 12.4. The van der Waals surface area contributed by atoms with Crippen molar-refractivity contribution in [2.24, 2.45) is 0 Å². The van der Waals surface area contributed by atoms with Crippen LogP contribution in [0.25, 0.3) is 0 Å². The number of hydrogen-bond acceptors (Lipinski definition) is 23. The van der Waals surface area contributed by atoms with Crippen LogP contribution in [0, 0.1) is 0 Å². The lowest BCUT2D eigenvalue weighted by Gasteiger charge is -2.45. The Hall–Kier alpha value is 2.89. The first-order valence-electron chi connectivity index (χ1n) is 40.0. The van der Waals surface area contributed by atoms with Gasteiger partial charge in [-0.2, -0.15) is 0 Å². The van der Waals surface area contributed by atoms with Crippen molar-refractivity contribution in [2.45, 2.75) is 358 Å². The summed E-state index contributed by atoms with van der Waals surface area (Å²) in [6.45, 7) is 87.6. The Bertz CT molecular complexity index is 2630. The summed E-state index contributed by atoms with van der Waals surface area (Å²) >= 11 is 0. The van der Waals surface area contributed by atoms with Gasteiger partial charge in [0, 0.05) is 26.0 Å². The van der Waals surface area contributed by atoms with Crippen LogP contribution in [0.5, 0.6) is 0 Å². The zero-order chi connectivity index (χ0) is 85.0. The second-order valence-corrected chi connectivity index (χ2v) is 111. The topological polar surface area (TPSA) is 243 Å². The molecular formula is C63H169N2O23Si20+. The van der Waals surface area contributed by atoms with E-state index in [4.69, 9.17) is 88.0 Å². The SMILES string of the molecule is CCCCCCCCCCCC(=O)NCCC[N+](C)(C)CC(O)COCCC[Si](C)(C)OO[Si](C)(C)O[Si](C)(C)O[Si](C)(C)O[Si](C)(C)O[Si](C)(C)O[Si](C)(C)O[Si](C)(C)O[Si](C)(C)O[Si](C)(C)O[Si](C)(C)O[Si](C)(C)O[Si](C)(C)O[Si](C)(C)O[Si](C)(C)O[Si](C)(C)O[Si](C)(C)O[Si](C)(C)O[Si](C)(C)O[SiH](C)C. The molecule has 0 heterocycles. The van der Waals surface area contributed by atoms with Crippen molar-refractivity contribution >= 4 is 177 Å². The van der Waals surface area contributed by atoms with Gasteiger partial charge in [0.05, 0.1) is 27.2 Å². The second kappa shape index (κ2) is 44.1. The molecule has 0 saturated heterocycles. The predicted molar refractivity (Wildman–Crippen MR) is 490 cm³/mol. The standard InChI is InChI=1S/C63H168N2O23Si20/c1-44-45-46-47-48-49-50-51-52-55-63(67)64-56-53-57-65(2,3)60-62(66)61-68-58-54-59-90(6,7)69-70-91(8,9)72-93(12,13)74-95(16,17)76-97(20,21)78-99(24,25)80-101(28,29)82-103(32,33)84-105(36,37)86-107(40,41)88-108(42,43)87-106(38,39)85-104(34,35)83-102(30,31)81-100(26,27)79-98(22,23)77-96(18,19)75-94(14,15)73-92(10,11)71-89(4)5/h62,66,89H,44-61H2,1-43H3/p+1. The number of carbonyl (C=O) groups excluding carboxylic acids is 1. The van der Waals surface area contributed by atoms with E-state index in [1.165, 1.54) is 44.9 Å². The highest BCUT2D eigenvalue weighted by Crippen LogP contribution is 2.35. The number of quaternary nitrogens is 1. The molecule has 0 radical (unpaired) electrons. The van der Waals surface area contributed by atoms with Crippen molar-refractivity contribution in [3.05, 3.63) is 0 Å². The van der Waals surface area contributed by atoms with Gasteiger partial charge in [-0.05, 0) is 281 Å². The number of aliphatic hydroxyl groups is 1. The molecule has 2 N–H and O–H groups in total. The van der Waals surface area contributed by atoms with Crippen LogP contribution < -0.4 is 5.32 Å². The Balaban J connectivity index is 5.45. The third-order valence-corrected chi connectivity index (χ3v) is 89.0. The molecule has 1 atom stereocenters. The molecule has 1 unspecified atom stereocenters. The van der Waals surface area contributed by atoms with Gasteiger partial charge >= 0.3 is 154 Å². The van der Waals surface area contributed by atoms with Crippen molar-refractivity contribution in [3.8, 4) is 0 Å². The van der Waals surface area contributed by atoms with Crippen LogP contribution in [0.2, 0.25) is 268 Å². The summed E-state index contributed by atoms with van der Waals surface area (Å²) in [5.41, 5.74) is 0. The van der Waals surface area contributed by atoms with E-state index in [0.29, 0.717) is 30.6 Å². The van der Waals surface area contributed by atoms with Crippen molar-refractivity contribution in [2.75, 3.05) is 46.9 Å². The van der Waals surface area contributed by atoms with E-state index in [9.17, 15) is 9.90 Å². The molecular weight excluding hydrogens is 1710 g/mol. The quantitative estimate of drug-likeness (QED) is 0.0189. The second-order valence-electron chi connectivity index (χ2n) is 39.0. The van der Waals surface area contributed by atoms with Gasteiger partial charge in [0.25, 0.3) is 0 Å². The van der Waals surface area contributed by atoms with E-state index in [-0.39, 0.29) is 12.5 Å². The molecule has 0 fully saturated rings. The number of nitrogens with zero attached hydrogens (tertiary/aromatic N) is 1. The third kappa shape index (κ3) is 56.4. The lowest BCUT2D eigenvalue weighted by Crippen LogP contribution is -2.63. The van der Waals surface area contributed by atoms with E-state index in [1.54, 1.807) is 0 Å². The molecule has 0 saturated carbocycles. The minimum Gasteiger partial charge on any atom is -0.440 e. The van der Waals surface area contributed by atoms with E-state index < -0.39 is 178 Å². The molecule has 0 spiro atoms. The fourth-order valence-corrected chi connectivity index (χ4v) is 112. The van der Waals surface area contributed by atoms with Gasteiger partial charge in [-0.3, -0.25) is 13.9 Å². The summed E-state index contributed by atoms with van der Waals surface area (Å²) in [6.07, 6.45) is 12.8. The molecule has 45 heteroatoms.